The Morgan fingerprint density at radius 1 is 1.00 bits per heavy atom. The van der Waals surface area contributed by atoms with Gasteiger partial charge in [-0.25, -0.2) is 0 Å². The summed E-state index contributed by atoms with van der Waals surface area (Å²) in [5.74, 6) is -0.141. The predicted molar refractivity (Wildman–Crippen MR) is 114 cm³/mol. The molecule has 0 radical (unpaired) electrons. The first-order valence-electron chi connectivity index (χ1n) is 8.79. The van der Waals surface area contributed by atoms with Crippen LogP contribution in [0.4, 0.5) is 5.69 Å². The largest absolute Gasteiger partial charge is 0.322 e. The minimum Gasteiger partial charge on any atom is -0.322 e. The van der Waals surface area contributed by atoms with Crippen LogP contribution in [0.5, 0.6) is 0 Å². The molecule has 3 aromatic rings. The molecule has 5 heteroatoms. The SMILES string of the molecule is C=N/C=C\C(=NCc1ccc(C(=O)Nc2ccccc2)cc1)c1cccnc1. The van der Waals surface area contributed by atoms with Crippen LogP contribution in [0.3, 0.4) is 0 Å². The number of para-hydroxylation sites is 1. The molecular weight excluding hydrogens is 348 g/mol. The van der Waals surface area contributed by atoms with Crippen molar-refractivity contribution < 1.29 is 4.79 Å². The molecule has 0 saturated heterocycles. The average Bonchev–Trinajstić information content (AvgIpc) is 2.75. The molecule has 1 heterocycles. The summed E-state index contributed by atoms with van der Waals surface area (Å²) in [5, 5.41) is 2.87. The van der Waals surface area contributed by atoms with Gasteiger partial charge in [-0.1, -0.05) is 30.3 Å². The molecule has 0 bridgehead atoms. The number of allylic oxidation sites excluding steroid dienone is 1. The molecule has 1 aromatic heterocycles. The van der Waals surface area contributed by atoms with Gasteiger partial charge in [0.15, 0.2) is 0 Å². The second-order valence-corrected chi connectivity index (χ2v) is 5.96. The van der Waals surface area contributed by atoms with Gasteiger partial charge in [-0.05, 0) is 54.8 Å². The molecule has 0 aliphatic rings. The van der Waals surface area contributed by atoms with E-state index in [-0.39, 0.29) is 5.91 Å². The number of amides is 1. The summed E-state index contributed by atoms with van der Waals surface area (Å²) in [5.41, 5.74) is 4.04. The number of aliphatic imine (C=N–C) groups is 2. The predicted octanol–water partition coefficient (Wildman–Crippen LogP) is 4.54. The van der Waals surface area contributed by atoms with Crippen LogP contribution in [0, 0.1) is 0 Å². The van der Waals surface area contributed by atoms with E-state index >= 15 is 0 Å². The lowest BCUT2D eigenvalue weighted by Crippen LogP contribution is -2.11. The lowest BCUT2D eigenvalue weighted by Gasteiger charge is -2.06. The summed E-state index contributed by atoms with van der Waals surface area (Å²) < 4.78 is 0. The maximum absolute atomic E-state index is 12.3. The molecule has 2 aromatic carbocycles. The number of carbonyl (C=O) groups excluding carboxylic acids is 1. The van der Waals surface area contributed by atoms with Crippen LogP contribution in [-0.4, -0.2) is 23.3 Å². The first-order valence-corrected chi connectivity index (χ1v) is 8.79. The van der Waals surface area contributed by atoms with Crippen molar-refractivity contribution in [1.29, 1.82) is 0 Å². The molecule has 0 saturated carbocycles. The molecule has 0 spiro atoms. The standard InChI is InChI=1S/C23H20N4O/c1-24-15-13-22(20-6-5-14-25-17-20)26-16-18-9-11-19(12-10-18)23(28)27-21-7-3-2-4-8-21/h2-15,17H,1,16H2,(H,27,28)/b15-13-,26-22?. The quantitative estimate of drug-likeness (QED) is 0.622. The molecule has 0 aliphatic carbocycles. The van der Waals surface area contributed by atoms with E-state index in [0.29, 0.717) is 12.1 Å². The molecule has 5 nitrogen and oxygen atoms in total. The molecule has 28 heavy (non-hydrogen) atoms. The molecule has 1 N–H and O–H groups in total. The van der Waals surface area contributed by atoms with Crippen LogP contribution >= 0.6 is 0 Å². The molecule has 0 unspecified atom stereocenters. The number of nitrogens with one attached hydrogen (secondary N) is 1. The number of benzene rings is 2. The first-order chi connectivity index (χ1) is 13.8. The number of aromatic nitrogens is 1. The average molecular weight is 368 g/mol. The first kappa shape index (κ1) is 18.9. The Kier molecular flexibility index (Phi) is 6.57. The van der Waals surface area contributed by atoms with E-state index in [1.807, 2.05) is 54.6 Å². The molecule has 0 aliphatic heterocycles. The van der Waals surface area contributed by atoms with E-state index in [9.17, 15) is 4.79 Å². The van der Waals surface area contributed by atoms with Crippen LogP contribution in [0.1, 0.15) is 21.5 Å². The van der Waals surface area contributed by atoms with Crippen molar-refractivity contribution in [2.45, 2.75) is 6.54 Å². The normalized spacial score (nSPS) is 11.4. The summed E-state index contributed by atoms with van der Waals surface area (Å²) >= 11 is 0. The Morgan fingerprint density at radius 3 is 2.46 bits per heavy atom. The minimum absolute atomic E-state index is 0.141. The Labute approximate surface area is 164 Å². The highest BCUT2D eigenvalue weighted by atomic mass is 16.1. The monoisotopic (exact) mass is 368 g/mol. The summed E-state index contributed by atoms with van der Waals surface area (Å²) in [6, 6.07) is 20.6. The fourth-order valence-corrected chi connectivity index (χ4v) is 2.54. The van der Waals surface area contributed by atoms with Gasteiger partial charge in [0.05, 0.1) is 12.3 Å². The van der Waals surface area contributed by atoms with Crippen LogP contribution in [0.2, 0.25) is 0 Å². The summed E-state index contributed by atoms with van der Waals surface area (Å²) in [6.45, 7) is 3.93. The number of carbonyl (C=O) groups is 1. The van der Waals surface area contributed by atoms with Gasteiger partial charge in [0.1, 0.15) is 0 Å². The van der Waals surface area contributed by atoms with Gasteiger partial charge in [0.2, 0.25) is 0 Å². The van der Waals surface area contributed by atoms with Crippen LogP contribution < -0.4 is 5.32 Å². The third-order valence-corrected chi connectivity index (χ3v) is 3.97. The Morgan fingerprint density at radius 2 is 1.79 bits per heavy atom. The lowest BCUT2D eigenvalue weighted by atomic mass is 10.1. The minimum atomic E-state index is -0.141. The third kappa shape index (κ3) is 5.32. The number of hydrogen-bond acceptors (Lipinski definition) is 4. The van der Waals surface area contributed by atoms with Crippen LogP contribution in [-0.2, 0) is 6.54 Å². The van der Waals surface area contributed by atoms with Gasteiger partial charge < -0.3 is 5.32 Å². The van der Waals surface area contributed by atoms with E-state index in [2.05, 4.69) is 27.0 Å². The van der Waals surface area contributed by atoms with Gasteiger partial charge in [-0.3, -0.25) is 19.8 Å². The van der Waals surface area contributed by atoms with E-state index in [1.54, 1.807) is 36.8 Å². The fourth-order valence-electron chi connectivity index (χ4n) is 2.54. The van der Waals surface area contributed by atoms with E-state index in [1.165, 1.54) is 0 Å². The molecule has 3 rings (SSSR count). The molecule has 138 valence electrons. The molecule has 1 amide bonds. The Balaban J connectivity index is 1.70. The number of nitrogens with zero attached hydrogens (tertiary/aromatic N) is 3. The maximum atomic E-state index is 12.3. The van der Waals surface area contributed by atoms with Gasteiger partial charge in [-0.2, -0.15) is 0 Å². The van der Waals surface area contributed by atoms with Gasteiger partial charge in [-0.15, -0.1) is 0 Å². The van der Waals surface area contributed by atoms with Crippen molar-refractivity contribution in [1.82, 2.24) is 4.98 Å². The summed E-state index contributed by atoms with van der Waals surface area (Å²) in [4.78, 5) is 24.8. The van der Waals surface area contributed by atoms with E-state index < -0.39 is 0 Å². The van der Waals surface area contributed by atoms with Crippen LogP contribution in [0.15, 0.2) is 101 Å². The van der Waals surface area contributed by atoms with Crippen molar-refractivity contribution in [3.63, 3.8) is 0 Å². The topological polar surface area (TPSA) is 66.7 Å². The van der Waals surface area contributed by atoms with E-state index in [0.717, 1.165) is 22.5 Å². The second kappa shape index (κ2) is 9.73. The maximum Gasteiger partial charge on any atom is 0.255 e. The summed E-state index contributed by atoms with van der Waals surface area (Å²) in [7, 11) is 0. The highest BCUT2D eigenvalue weighted by Gasteiger charge is 2.06. The molecule has 0 fully saturated rings. The lowest BCUT2D eigenvalue weighted by molar-refractivity contribution is 0.102. The zero-order chi connectivity index (χ0) is 19.6. The molecular formula is C23H20N4O. The van der Waals surface area contributed by atoms with Crippen molar-refractivity contribution in [2.75, 3.05) is 5.32 Å². The number of anilines is 1. The summed E-state index contributed by atoms with van der Waals surface area (Å²) in [6.07, 6.45) is 6.87. The fraction of sp³-hybridized carbons (Fsp3) is 0.0435. The van der Waals surface area contributed by atoms with Gasteiger partial charge >= 0.3 is 0 Å². The smallest absolute Gasteiger partial charge is 0.255 e. The Bertz CT molecular complexity index is 978. The van der Waals surface area contributed by atoms with E-state index in [4.69, 9.17) is 0 Å². The third-order valence-electron chi connectivity index (χ3n) is 3.97. The van der Waals surface area contributed by atoms with Crippen LogP contribution in [0.25, 0.3) is 0 Å². The van der Waals surface area contributed by atoms with Crippen molar-refractivity contribution in [2.24, 2.45) is 9.98 Å². The zero-order valence-corrected chi connectivity index (χ0v) is 15.3. The van der Waals surface area contributed by atoms with Crippen molar-refractivity contribution >= 4 is 24.0 Å². The zero-order valence-electron chi connectivity index (χ0n) is 15.3. The van der Waals surface area contributed by atoms with Crippen molar-refractivity contribution in [3.05, 3.63) is 108 Å². The highest BCUT2D eigenvalue weighted by Crippen LogP contribution is 2.11. The molecule has 0 atom stereocenters. The number of rotatable bonds is 7. The second-order valence-electron chi connectivity index (χ2n) is 5.96. The number of pyridine rings is 1. The van der Waals surface area contributed by atoms with Crippen molar-refractivity contribution in [3.8, 4) is 0 Å². The number of hydrogen-bond donors (Lipinski definition) is 1. The highest BCUT2D eigenvalue weighted by molar-refractivity contribution is 6.08. The Hall–Kier alpha value is -3.86. The van der Waals surface area contributed by atoms with Gasteiger partial charge in [0, 0.05) is 35.4 Å². The van der Waals surface area contributed by atoms with Gasteiger partial charge in [0.25, 0.3) is 5.91 Å².